The number of halogens is 2. The van der Waals surface area contributed by atoms with Gasteiger partial charge in [-0.05, 0) is 19.1 Å². The molecular weight excluding hydrogens is 271 g/mol. The first-order chi connectivity index (χ1) is 8.56. The summed E-state index contributed by atoms with van der Waals surface area (Å²) in [7, 11) is 0. The Morgan fingerprint density at radius 3 is 2.56 bits per heavy atom. The van der Waals surface area contributed by atoms with Gasteiger partial charge in [-0.3, -0.25) is 9.97 Å². The third-order valence-corrected chi connectivity index (χ3v) is 3.11. The van der Waals surface area contributed by atoms with Crippen LogP contribution >= 0.6 is 23.2 Å². The Kier molecular flexibility index (Phi) is 3.89. The van der Waals surface area contributed by atoms with E-state index in [9.17, 15) is 0 Å². The minimum atomic E-state index is 0.440. The van der Waals surface area contributed by atoms with Gasteiger partial charge < -0.3 is 11.1 Å². The van der Waals surface area contributed by atoms with Gasteiger partial charge >= 0.3 is 0 Å². The summed E-state index contributed by atoms with van der Waals surface area (Å²) in [4.78, 5) is 8.40. The van der Waals surface area contributed by atoms with Crippen molar-refractivity contribution in [1.29, 1.82) is 0 Å². The summed E-state index contributed by atoms with van der Waals surface area (Å²) in [5.74, 6) is 0. The highest BCUT2D eigenvalue weighted by atomic mass is 35.5. The number of aromatic nitrogens is 2. The van der Waals surface area contributed by atoms with Gasteiger partial charge in [-0.25, -0.2) is 0 Å². The molecular formula is C12H12Cl2N4. The van der Waals surface area contributed by atoms with E-state index in [4.69, 9.17) is 28.9 Å². The number of anilines is 2. The van der Waals surface area contributed by atoms with Crippen LogP contribution in [0.1, 0.15) is 11.4 Å². The largest absolute Gasteiger partial charge is 0.397 e. The summed E-state index contributed by atoms with van der Waals surface area (Å²) in [5, 5.41) is 4.05. The molecule has 0 atom stereocenters. The van der Waals surface area contributed by atoms with Gasteiger partial charge in [0.2, 0.25) is 0 Å². The van der Waals surface area contributed by atoms with Gasteiger partial charge in [0.25, 0.3) is 0 Å². The first kappa shape index (κ1) is 12.9. The predicted octanol–water partition coefficient (Wildman–Crippen LogP) is 3.29. The molecule has 6 heteroatoms. The number of nitrogens with two attached hydrogens (primary N) is 1. The summed E-state index contributed by atoms with van der Waals surface area (Å²) >= 11 is 11.8. The van der Waals surface area contributed by atoms with Crippen LogP contribution in [0.2, 0.25) is 10.0 Å². The molecule has 18 heavy (non-hydrogen) atoms. The predicted molar refractivity (Wildman–Crippen MR) is 75.0 cm³/mol. The fourth-order valence-electron chi connectivity index (χ4n) is 1.41. The lowest BCUT2D eigenvalue weighted by Crippen LogP contribution is -2.04. The molecule has 0 saturated carbocycles. The van der Waals surface area contributed by atoms with Gasteiger partial charge in [-0.15, -0.1) is 0 Å². The van der Waals surface area contributed by atoms with E-state index in [1.54, 1.807) is 24.5 Å². The van der Waals surface area contributed by atoms with Crippen LogP contribution in [0.5, 0.6) is 0 Å². The maximum Gasteiger partial charge on any atom is 0.0777 e. The molecule has 1 heterocycles. The van der Waals surface area contributed by atoms with Crippen molar-refractivity contribution >= 4 is 34.6 Å². The summed E-state index contributed by atoms with van der Waals surface area (Å²) < 4.78 is 0. The molecule has 0 unspecified atom stereocenters. The van der Waals surface area contributed by atoms with Crippen molar-refractivity contribution in [3.8, 4) is 0 Å². The molecule has 0 fully saturated rings. The van der Waals surface area contributed by atoms with Crippen molar-refractivity contribution in [1.82, 2.24) is 9.97 Å². The highest BCUT2D eigenvalue weighted by Gasteiger charge is 2.05. The van der Waals surface area contributed by atoms with Crippen molar-refractivity contribution in [3.63, 3.8) is 0 Å². The monoisotopic (exact) mass is 282 g/mol. The van der Waals surface area contributed by atoms with E-state index in [2.05, 4.69) is 15.3 Å². The standard InChI is InChI=1S/C12H12Cl2N4/c1-7-4-17-8(5-16-7)6-18-12-3-10(14)9(13)2-11(12)15/h2-5,18H,6,15H2,1H3. The molecule has 0 spiro atoms. The summed E-state index contributed by atoms with van der Waals surface area (Å²) in [5.41, 5.74) is 8.82. The van der Waals surface area contributed by atoms with Gasteiger partial charge in [0.05, 0.1) is 45.5 Å². The third kappa shape index (κ3) is 3.03. The number of hydrogen-bond donors (Lipinski definition) is 2. The Balaban J connectivity index is 2.10. The summed E-state index contributed by atoms with van der Waals surface area (Å²) in [6, 6.07) is 3.31. The van der Waals surface area contributed by atoms with Gasteiger partial charge in [-0.2, -0.15) is 0 Å². The molecule has 3 N–H and O–H groups in total. The van der Waals surface area contributed by atoms with E-state index in [0.29, 0.717) is 22.3 Å². The zero-order chi connectivity index (χ0) is 13.1. The first-order valence-electron chi connectivity index (χ1n) is 5.32. The first-order valence-corrected chi connectivity index (χ1v) is 6.08. The summed E-state index contributed by atoms with van der Waals surface area (Å²) in [6.07, 6.45) is 3.44. The number of rotatable bonds is 3. The minimum absolute atomic E-state index is 0.440. The van der Waals surface area contributed by atoms with E-state index < -0.39 is 0 Å². The second kappa shape index (κ2) is 5.42. The van der Waals surface area contributed by atoms with Crippen LogP contribution < -0.4 is 11.1 Å². The van der Waals surface area contributed by atoms with Crippen LogP contribution in [0.4, 0.5) is 11.4 Å². The van der Waals surface area contributed by atoms with E-state index in [0.717, 1.165) is 17.1 Å². The highest BCUT2D eigenvalue weighted by molar-refractivity contribution is 6.42. The second-order valence-corrected chi connectivity index (χ2v) is 4.67. The number of nitrogens with zero attached hydrogens (tertiary/aromatic N) is 2. The third-order valence-electron chi connectivity index (χ3n) is 2.39. The maximum absolute atomic E-state index is 5.93. The lowest BCUT2D eigenvalue weighted by atomic mass is 10.2. The van der Waals surface area contributed by atoms with Gasteiger partial charge in [0.1, 0.15) is 0 Å². The van der Waals surface area contributed by atoms with Gasteiger partial charge in [-0.1, -0.05) is 23.2 Å². The van der Waals surface area contributed by atoms with Crippen LogP contribution in [0.15, 0.2) is 24.5 Å². The van der Waals surface area contributed by atoms with Crippen LogP contribution in [0.25, 0.3) is 0 Å². The topological polar surface area (TPSA) is 63.8 Å². The molecule has 2 aromatic rings. The lowest BCUT2D eigenvalue weighted by Gasteiger charge is -2.10. The van der Waals surface area contributed by atoms with Crippen molar-refractivity contribution < 1.29 is 0 Å². The van der Waals surface area contributed by atoms with Crippen LogP contribution in [0.3, 0.4) is 0 Å². The molecule has 0 bridgehead atoms. The number of nitrogens with one attached hydrogen (secondary N) is 1. The molecule has 94 valence electrons. The van der Waals surface area contributed by atoms with Crippen LogP contribution in [0, 0.1) is 6.92 Å². The Morgan fingerprint density at radius 2 is 1.89 bits per heavy atom. The van der Waals surface area contributed by atoms with Crippen LogP contribution in [-0.4, -0.2) is 9.97 Å². The average molecular weight is 283 g/mol. The molecule has 0 saturated heterocycles. The van der Waals surface area contributed by atoms with Crippen molar-refractivity contribution in [2.75, 3.05) is 11.1 Å². The molecule has 0 amide bonds. The molecule has 0 radical (unpaired) electrons. The van der Waals surface area contributed by atoms with Gasteiger partial charge in [0, 0.05) is 6.20 Å². The van der Waals surface area contributed by atoms with Crippen molar-refractivity contribution in [3.05, 3.63) is 46.0 Å². The molecule has 4 nitrogen and oxygen atoms in total. The van der Waals surface area contributed by atoms with Crippen LogP contribution in [-0.2, 0) is 6.54 Å². The molecule has 2 rings (SSSR count). The number of hydrogen-bond acceptors (Lipinski definition) is 4. The molecule has 0 aliphatic heterocycles. The fourth-order valence-corrected chi connectivity index (χ4v) is 1.75. The second-order valence-electron chi connectivity index (χ2n) is 3.86. The highest BCUT2D eigenvalue weighted by Crippen LogP contribution is 2.30. The molecule has 1 aromatic carbocycles. The normalized spacial score (nSPS) is 10.4. The number of benzene rings is 1. The van der Waals surface area contributed by atoms with E-state index >= 15 is 0 Å². The summed E-state index contributed by atoms with van der Waals surface area (Å²) in [6.45, 7) is 2.41. The van der Waals surface area contributed by atoms with Crippen molar-refractivity contribution in [2.45, 2.75) is 13.5 Å². The quantitative estimate of drug-likeness (QED) is 0.848. The minimum Gasteiger partial charge on any atom is -0.397 e. The zero-order valence-corrected chi connectivity index (χ0v) is 11.3. The number of nitrogen functional groups attached to an aromatic ring is 1. The maximum atomic E-state index is 5.93. The molecule has 1 aromatic heterocycles. The lowest BCUT2D eigenvalue weighted by molar-refractivity contribution is 0.985. The van der Waals surface area contributed by atoms with Crippen molar-refractivity contribution in [2.24, 2.45) is 0 Å². The molecule has 0 aliphatic carbocycles. The number of aryl methyl sites for hydroxylation is 1. The zero-order valence-electron chi connectivity index (χ0n) is 9.74. The van der Waals surface area contributed by atoms with E-state index in [1.807, 2.05) is 6.92 Å². The SMILES string of the molecule is Cc1cnc(CNc2cc(Cl)c(Cl)cc2N)cn1. The smallest absolute Gasteiger partial charge is 0.0777 e. The molecule has 0 aliphatic rings. The van der Waals surface area contributed by atoms with Gasteiger partial charge in [0.15, 0.2) is 0 Å². The Hall–Kier alpha value is -1.52. The fraction of sp³-hybridized carbons (Fsp3) is 0.167. The average Bonchev–Trinajstić information content (AvgIpc) is 2.34. The van der Waals surface area contributed by atoms with E-state index in [1.165, 1.54) is 0 Å². The van der Waals surface area contributed by atoms with E-state index in [-0.39, 0.29) is 0 Å². The Morgan fingerprint density at radius 1 is 1.17 bits per heavy atom. The Labute approximate surface area is 115 Å². The Bertz CT molecular complexity index is 555.